The second-order valence-electron chi connectivity index (χ2n) is 13.0. The van der Waals surface area contributed by atoms with Crippen molar-refractivity contribution in [3.05, 3.63) is 28.4 Å². The number of carbonyl (C=O) groups excluding carboxylic acids is 1. The van der Waals surface area contributed by atoms with Crippen molar-refractivity contribution in [2.75, 3.05) is 44.3 Å². The van der Waals surface area contributed by atoms with Crippen molar-refractivity contribution < 1.29 is 22.4 Å². The molecule has 4 rings (SSSR count). The van der Waals surface area contributed by atoms with E-state index >= 15 is 0 Å². The van der Waals surface area contributed by atoms with Gasteiger partial charge in [0.15, 0.2) is 18.2 Å². The molecule has 1 aromatic carbocycles. The molecule has 11 heteroatoms. The molecule has 2 fully saturated rings. The fourth-order valence-corrected chi connectivity index (χ4v) is 7.81. The molecule has 0 radical (unpaired) electrons. The SMILES string of the molecule is CC(C)N1CCC(Oc2cc3cc(C(=O)N4CCS(=O)(=O)CC4)n(CCO[Si](C)(C)C(C)(C)C)c3cc2Br)CC1. The number of ether oxygens (including phenoxy) is 1. The van der Waals surface area contributed by atoms with Crippen molar-refractivity contribution >= 4 is 50.9 Å². The van der Waals surface area contributed by atoms with E-state index in [1.165, 1.54) is 0 Å². The highest BCUT2D eigenvalue weighted by atomic mass is 79.9. The van der Waals surface area contributed by atoms with Crippen molar-refractivity contribution in [1.29, 1.82) is 0 Å². The minimum absolute atomic E-state index is 0.00656. The summed E-state index contributed by atoms with van der Waals surface area (Å²) in [6, 6.07) is 6.53. The van der Waals surface area contributed by atoms with Gasteiger partial charge in [-0.3, -0.25) is 4.79 Å². The number of rotatable bonds is 8. The van der Waals surface area contributed by atoms with E-state index in [1.54, 1.807) is 4.90 Å². The van der Waals surface area contributed by atoms with E-state index in [0.29, 0.717) is 24.9 Å². The molecule has 2 saturated heterocycles. The monoisotopic (exact) mass is 655 g/mol. The van der Waals surface area contributed by atoms with Crippen molar-refractivity contribution in [2.45, 2.75) is 84.3 Å². The van der Waals surface area contributed by atoms with Crippen LogP contribution < -0.4 is 4.74 Å². The average molecular weight is 657 g/mol. The number of piperidine rings is 1. The average Bonchev–Trinajstić information content (AvgIpc) is 3.20. The van der Waals surface area contributed by atoms with E-state index in [4.69, 9.17) is 9.16 Å². The predicted molar refractivity (Wildman–Crippen MR) is 168 cm³/mol. The Bertz CT molecular complexity index is 1310. The van der Waals surface area contributed by atoms with E-state index in [0.717, 1.165) is 47.1 Å². The lowest BCUT2D eigenvalue weighted by Crippen LogP contribution is -2.44. The third-order valence-electron chi connectivity index (χ3n) is 8.89. The Labute approximate surface area is 249 Å². The number of halogens is 1. The fourth-order valence-electron chi connectivity index (χ4n) is 5.15. The van der Waals surface area contributed by atoms with Gasteiger partial charge in [-0.1, -0.05) is 20.8 Å². The number of fused-ring (bicyclic) bond motifs is 1. The first-order chi connectivity index (χ1) is 18.6. The largest absolute Gasteiger partial charge is 0.489 e. The van der Waals surface area contributed by atoms with Crippen LogP contribution in [0.1, 0.15) is 57.9 Å². The van der Waals surface area contributed by atoms with Gasteiger partial charge in [-0.05, 0) is 79.0 Å². The Kier molecular flexibility index (Phi) is 9.51. The number of likely N-dealkylation sites (tertiary alicyclic amines) is 1. The van der Waals surface area contributed by atoms with Gasteiger partial charge < -0.3 is 23.5 Å². The molecule has 224 valence electrons. The Hall–Kier alpha value is -1.40. The molecule has 0 spiro atoms. The highest BCUT2D eigenvalue weighted by Gasteiger charge is 2.37. The molecule has 0 aliphatic carbocycles. The van der Waals surface area contributed by atoms with Crippen molar-refractivity contribution in [3.8, 4) is 5.75 Å². The maximum Gasteiger partial charge on any atom is 0.270 e. The lowest BCUT2D eigenvalue weighted by molar-refractivity contribution is 0.0758. The van der Waals surface area contributed by atoms with Crippen LogP contribution in [0, 0.1) is 0 Å². The van der Waals surface area contributed by atoms with Crippen molar-refractivity contribution in [1.82, 2.24) is 14.4 Å². The Balaban J connectivity index is 1.61. The summed E-state index contributed by atoms with van der Waals surface area (Å²) in [5.41, 5.74) is 1.49. The number of sulfone groups is 1. The van der Waals surface area contributed by atoms with Gasteiger partial charge >= 0.3 is 0 Å². The quantitative estimate of drug-likeness (QED) is 0.347. The van der Waals surface area contributed by atoms with Crippen molar-refractivity contribution in [2.24, 2.45) is 0 Å². The van der Waals surface area contributed by atoms with Crippen molar-refractivity contribution in [3.63, 3.8) is 0 Å². The van der Waals surface area contributed by atoms with E-state index in [-0.39, 0.29) is 41.6 Å². The summed E-state index contributed by atoms with van der Waals surface area (Å²) in [5, 5.41) is 1.02. The van der Waals surface area contributed by atoms with Crippen LogP contribution >= 0.6 is 15.9 Å². The topological polar surface area (TPSA) is 81.1 Å². The summed E-state index contributed by atoms with van der Waals surface area (Å²) in [4.78, 5) is 17.9. The number of hydrogen-bond donors (Lipinski definition) is 0. The standard InChI is InChI=1S/C29H46BrN3O5SSi/c1-21(2)31-10-8-23(9-11-31)38-27-19-22-18-26(28(34)32-13-16-39(35,36)17-14-32)33(25(22)20-24(27)30)12-15-37-40(6,7)29(3,4)5/h18-21,23H,8-17H2,1-7H3. The van der Waals surface area contributed by atoms with Gasteiger partial charge in [0.05, 0.1) is 28.1 Å². The number of benzene rings is 1. The molecular weight excluding hydrogens is 610 g/mol. The van der Waals surface area contributed by atoms with Gasteiger partial charge in [0.1, 0.15) is 17.5 Å². The van der Waals surface area contributed by atoms with Crippen LogP contribution in [-0.2, 0) is 20.8 Å². The molecule has 40 heavy (non-hydrogen) atoms. The number of hydrogen-bond acceptors (Lipinski definition) is 6. The van der Waals surface area contributed by atoms with Crippen LogP contribution in [-0.4, -0.2) is 93.4 Å². The predicted octanol–water partition coefficient (Wildman–Crippen LogP) is 5.55. The van der Waals surface area contributed by atoms with E-state index in [9.17, 15) is 13.2 Å². The van der Waals surface area contributed by atoms with Gasteiger partial charge in [0.2, 0.25) is 0 Å². The lowest BCUT2D eigenvalue weighted by Gasteiger charge is -2.36. The molecule has 3 heterocycles. The maximum atomic E-state index is 13.7. The van der Waals surface area contributed by atoms with Crippen LogP contribution in [0.25, 0.3) is 10.9 Å². The number of carbonyl (C=O) groups is 1. The number of nitrogens with zero attached hydrogens (tertiary/aromatic N) is 3. The van der Waals surface area contributed by atoms with Crippen LogP contribution in [0.5, 0.6) is 5.75 Å². The van der Waals surface area contributed by atoms with E-state index in [1.807, 2.05) is 22.8 Å². The third-order valence-corrected chi connectivity index (χ3v) is 15.7. The van der Waals surface area contributed by atoms with Gasteiger partial charge in [-0.25, -0.2) is 8.42 Å². The molecule has 1 amide bonds. The number of amides is 1. The van der Waals surface area contributed by atoms with Crippen LogP contribution in [0.15, 0.2) is 22.7 Å². The molecule has 8 nitrogen and oxygen atoms in total. The summed E-state index contributed by atoms with van der Waals surface area (Å²) in [7, 11) is -5.05. The number of aromatic nitrogens is 1. The molecule has 0 unspecified atom stereocenters. The minimum Gasteiger partial charge on any atom is -0.489 e. The highest BCUT2D eigenvalue weighted by molar-refractivity contribution is 9.10. The third kappa shape index (κ3) is 7.14. The highest BCUT2D eigenvalue weighted by Crippen LogP contribution is 2.37. The van der Waals surface area contributed by atoms with E-state index < -0.39 is 18.2 Å². The van der Waals surface area contributed by atoms with Crippen LogP contribution in [0.3, 0.4) is 0 Å². The van der Waals surface area contributed by atoms with E-state index in [2.05, 4.69) is 68.5 Å². The normalized spacial score (nSPS) is 19.5. The first-order valence-electron chi connectivity index (χ1n) is 14.4. The maximum absolute atomic E-state index is 13.7. The molecule has 0 atom stereocenters. The minimum atomic E-state index is -3.09. The second kappa shape index (κ2) is 12.1. The summed E-state index contributed by atoms with van der Waals surface area (Å²) < 4.78 is 39.8. The molecule has 2 aliphatic heterocycles. The summed E-state index contributed by atoms with van der Waals surface area (Å²) >= 11 is 3.74. The molecule has 2 aliphatic rings. The zero-order chi connectivity index (χ0) is 29.5. The van der Waals surface area contributed by atoms with Gasteiger partial charge in [0.25, 0.3) is 5.91 Å². The zero-order valence-electron chi connectivity index (χ0n) is 25.1. The smallest absolute Gasteiger partial charge is 0.270 e. The Morgan fingerprint density at radius 1 is 1.07 bits per heavy atom. The molecular formula is C29H46BrN3O5SSi. The molecule has 0 saturated carbocycles. The molecule has 2 aromatic rings. The van der Waals surface area contributed by atoms with Gasteiger partial charge in [-0.15, -0.1) is 0 Å². The summed E-state index contributed by atoms with van der Waals surface area (Å²) in [6.07, 6.45) is 2.12. The van der Waals surface area contributed by atoms with Crippen LogP contribution in [0.4, 0.5) is 0 Å². The Morgan fingerprint density at radius 3 is 2.27 bits per heavy atom. The van der Waals surface area contributed by atoms with Crippen LogP contribution in [0.2, 0.25) is 18.1 Å². The summed E-state index contributed by atoms with van der Waals surface area (Å²) in [5.74, 6) is 0.658. The molecule has 1 aromatic heterocycles. The zero-order valence-corrected chi connectivity index (χ0v) is 28.5. The first kappa shape index (κ1) is 31.5. The second-order valence-corrected chi connectivity index (χ2v) is 21.0. The first-order valence-corrected chi connectivity index (χ1v) is 20.0. The molecule has 0 N–H and O–H groups in total. The fraction of sp³-hybridized carbons (Fsp3) is 0.690. The van der Waals surface area contributed by atoms with Gasteiger partial charge in [0, 0.05) is 44.2 Å². The molecule has 0 bridgehead atoms. The Morgan fingerprint density at radius 2 is 1.70 bits per heavy atom. The van der Waals surface area contributed by atoms with Gasteiger partial charge in [-0.2, -0.15) is 0 Å². The summed E-state index contributed by atoms with van der Waals surface area (Å²) in [6.45, 7) is 19.1. The lowest BCUT2D eigenvalue weighted by atomic mass is 10.1.